The van der Waals surface area contributed by atoms with Crippen LogP contribution in [0.4, 0.5) is 5.82 Å². The normalized spacial score (nSPS) is 26.2. The maximum atomic E-state index is 12.1. The number of nitrogens with two attached hydrogens (primary N) is 1. The number of nitrogen functional groups attached to an aromatic ring is 1. The van der Waals surface area contributed by atoms with Crippen molar-refractivity contribution in [2.45, 2.75) is 37.1 Å². The quantitative estimate of drug-likeness (QED) is 0.351. The Labute approximate surface area is 159 Å². The summed E-state index contributed by atoms with van der Waals surface area (Å²) in [5, 5.41) is 0. The molecule has 0 unspecified atom stereocenters. The number of nitrogens with zero attached hydrogens (tertiary/aromatic N) is 2. The van der Waals surface area contributed by atoms with Crippen LogP contribution in [0.25, 0.3) is 0 Å². The minimum Gasteiger partial charge on any atom is -0.463 e. The van der Waals surface area contributed by atoms with Gasteiger partial charge in [0.1, 0.15) is 24.6 Å². The highest BCUT2D eigenvalue weighted by Crippen LogP contribution is 2.36. The highest BCUT2D eigenvalue weighted by molar-refractivity contribution is 14.1. The Morgan fingerprint density at radius 2 is 2.12 bits per heavy atom. The number of esters is 2. The molecule has 4 atom stereocenters. The Morgan fingerprint density at radius 1 is 1.46 bits per heavy atom. The van der Waals surface area contributed by atoms with E-state index in [0.29, 0.717) is 3.57 Å². The largest absolute Gasteiger partial charge is 0.463 e. The topological polar surface area (TPSA) is 123 Å². The summed E-state index contributed by atoms with van der Waals surface area (Å²) in [7, 11) is 0. The van der Waals surface area contributed by atoms with Gasteiger partial charge >= 0.3 is 17.6 Å². The fraction of sp³-hybridized carbons (Fsp3) is 0.538. The van der Waals surface area contributed by atoms with Crippen LogP contribution in [-0.2, 0) is 23.8 Å². The van der Waals surface area contributed by atoms with E-state index in [1.807, 2.05) is 22.6 Å². The molecule has 1 fully saturated rings. The first-order valence-corrected chi connectivity index (χ1v) is 8.84. The predicted octanol–water partition coefficient (Wildman–Crippen LogP) is 0.586. The monoisotopic (exact) mass is 515 g/mol. The molecule has 2 N–H and O–H groups in total. The molecule has 24 heavy (non-hydrogen) atoms. The lowest BCUT2D eigenvalue weighted by atomic mass is 10.2. The molecule has 1 aliphatic rings. The van der Waals surface area contributed by atoms with Crippen LogP contribution < -0.4 is 11.4 Å². The van der Waals surface area contributed by atoms with E-state index in [-0.39, 0.29) is 12.4 Å². The average molecular weight is 516 g/mol. The third kappa shape index (κ3) is 4.25. The number of alkyl halides is 1. The van der Waals surface area contributed by atoms with E-state index in [4.69, 9.17) is 19.9 Å². The molecule has 0 aliphatic carbocycles. The highest BCUT2D eigenvalue weighted by Gasteiger charge is 2.47. The van der Waals surface area contributed by atoms with Crippen LogP contribution in [0.3, 0.4) is 0 Å². The van der Waals surface area contributed by atoms with Crippen LogP contribution in [0.1, 0.15) is 20.1 Å². The average Bonchev–Trinajstić information content (AvgIpc) is 2.77. The van der Waals surface area contributed by atoms with Crippen LogP contribution in [-0.4, -0.2) is 45.1 Å². The van der Waals surface area contributed by atoms with Crippen molar-refractivity contribution in [3.05, 3.63) is 20.3 Å². The lowest BCUT2D eigenvalue weighted by molar-refractivity contribution is -0.155. The lowest BCUT2D eigenvalue weighted by Crippen LogP contribution is -2.36. The summed E-state index contributed by atoms with van der Waals surface area (Å²) >= 11 is 5.34. The number of carbonyl (C=O) groups excluding carboxylic acids is 2. The van der Waals surface area contributed by atoms with Crippen molar-refractivity contribution in [3.8, 4) is 0 Å². The standard InChI is InChI=1S/C13H15BrIN3O6/c1-5(19)22-4-8-10(23-6(2)20)9(14)12(24-8)18-3-7(15)11(16)17-13(18)21/h3,8-10,12H,4H2,1-2H3,(H2,16,17,21)/t8-,9-,10-,12-/m1/s1. The third-order valence-electron chi connectivity index (χ3n) is 3.23. The molecule has 132 valence electrons. The summed E-state index contributed by atoms with van der Waals surface area (Å²) in [5.74, 6) is -0.886. The second-order valence-corrected chi connectivity index (χ2v) is 7.27. The maximum Gasteiger partial charge on any atom is 0.351 e. The minimum atomic E-state index is -0.802. The fourth-order valence-electron chi connectivity index (χ4n) is 2.22. The molecular formula is C13H15BrIN3O6. The number of aromatic nitrogens is 2. The van der Waals surface area contributed by atoms with E-state index in [1.165, 1.54) is 24.6 Å². The molecule has 0 spiro atoms. The number of rotatable bonds is 4. The molecule has 0 radical (unpaired) electrons. The van der Waals surface area contributed by atoms with Crippen molar-refractivity contribution in [3.63, 3.8) is 0 Å². The van der Waals surface area contributed by atoms with Crippen molar-refractivity contribution in [1.29, 1.82) is 0 Å². The van der Waals surface area contributed by atoms with E-state index in [9.17, 15) is 14.4 Å². The summed E-state index contributed by atoms with van der Waals surface area (Å²) in [6, 6.07) is 0. The smallest absolute Gasteiger partial charge is 0.351 e. The second-order valence-electron chi connectivity index (χ2n) is 5.05. The molecule has 1 aromatic rings. The molecule has 1 aliphatic heterocycles. The number of anilines is 1. The van der Waals surface area contributed by atoms with Crippen molar-refractivity contribution in [1.82, 2.24) is 9.55 Å². The Bertz CT molecular complexity index is 711. The molecule has 1 saturated heterocycles. The number of hydrogen-bond donors (Lipinski definition) is 1. The van der Waals surface area contributed by atoms with Gasteiger partial charge in [0.05, 0.1) is 8.40 Å². The summed E-state index contributed by atoms with van der Waals surface area (Å²) in [5.41, 5.74) is 5.01. The molecule has 0 aromatic carbocycles. The fourth-order valence-corrected chi connectivity index (χ4v) is 3.47. The summed E-state index contributed by atoms with van der Waals surface area (Å²) in [4.78, 5) is 37.6. The van der Waals surface area contributed by atoms with Gasteiger partial charge in [0, 0.05) is 20.0 Å². The first kappa shape index (κ1) is 19.1. The van der Waals surface area contributed by atoms with E-state index < -0.39 is 40.9 Å². The van der Waals surface area contributed by atoms with Crippen LogP contribution >= 0.6 is 38.5 Å². The van der Waals surface area contributed by atoms with Crippen LogP contribution in [0.5, 0.6) is 0 Å². The Kier molecular flexibility index (Phi) is 6.20. The highest BCUT2D eigenvalue weighted by atomic mass is 127. The van der Waals surface area contributed by atoms with Crippen molar-refractivity contribution in [2.24, 2.45) is 0 Å². The summed E-state index contributed by atoms with van der Waals surface area (Å²) < 4.78 is 17.8. The SMILES string of the molecule is CC(=O)OC[C@H]1O[C@@H](n2cc(I)c(N)nc2=O)[C@H](Br)[C@@H]1OC(C)=O. The Balaban J connectivity index is 2.31. The Hall–Kier alpha value is -1.21. The number of hydrogen-bond acceptors (Lipinski definition) is 8. The van der Waals surface area contributed by atoms with Gasteiger partial charge in [-0.3, -0.25) is 14.2 Å². The van der Waals surface area contributed by atoms with Gasteiger partial charge in [0.2, 0.25) is 0 Å². The van der Waals surface area contributed by atoms with Crippen molar-refractivity contribution in [2.75, 3.05) is 12.3 Å². The maximum absolute atomic E-state index is 12.1. The van der Waals surface area contributed by atoms with Crippen LogP contribution in [0.15, 0.2) is 11.0 Å². The first-order chi connectivity index (χ1) is 11.2. The summed E-state index contributed by atoms with van der Waals surface area (Å²) in [6.45, 7) is 2.41. The van der Waals surface area contributed by atoms with Gasteiger partial charge < -0.3 is 19.9 Å². The molecular weight excluding hydrogens is 501 g/mol. The van der Waals surface area contributed by atoms with Crippen molar-refractivity contribution < 1.29 is 23.8 Å². The van der Waals surface area contributed by atoms with Gasteiger partial charge in [-0.05, 0) is 22.6 Å². The number of halogens is 2. The Morgan fingerprint density at radius 3 is 2.71 bits per heavy atom. The molecule has 0 amide bonds. The minimum absolute atomic E-state index is 0.111. The predicted molar refractivity (Wildman–Crippen MR) is 94.4 cm³/mol. The molecule has 9 nitrogen and oxygen atoms in total. The molecule has 2 rings (SSSR count). The lowest BCUT2D eigenvalue weighted by Gasteiger charge is -2.19. The van der Waals surface area contributed by atoms with Crippen molar-refractivity contribution >= 4 is 56.3 Å². The molecule has 0 bridgehead atoms. The first-order valence-electron chi connectivity index (χ1n) is 6.85. The zero-order valence-electron chi connectivity index (χ0n) is 12.8. The van der Waals surface area contributed by atoms with E-state index in [1.54, 1.807) is 0 Å². The van der Waals surface area contributed by atoms with E-state index in [0.717, 1.165) is 0 Å². The van der Waals surface area contributed by atoms with Gasteiger partial charge in [0.25, 0.3) is 0 Å². The summed E-state index contributed by atoms with van der Waals surface area (Å²) in [6.07, 6.45) is -0.768. The molecule has 11 heteroatoms. The van der Waals surface area contributed by atoms with Gasteiger partial charge in [-0.25, -0.2) is 4.79 Å². The van der Waals surface area contributed by atoms with Crippen LogP contribution in [0.2, 0.25) is 0 Å². The van der Waals surface area contributed by atoms with Gasteiger partial charge in [-0.2, -0.15) is 4.98 Å². The zero-order valence-corrected chi connectivity index (χ0v) is 16.5. The number of carbonyl (C=O) groups is 2. The molecule has 0 saturated carbocycles. The molecule has 1 aromatic heterocycles. The van der Waals surface area contributed by atoms with Gasteiger partial charge in [-0.1, -0.05) is 15.9 Å². The molecule has 2 heterocycles. The zero-order chi connectivity index (χ0) is 18.0. The van der Waals surface area contributed by atoms with E-state index >= 15 is 0 Å². The third-order valence-corrected chi connectivity index (χ3v) is 5.03. The second kappa shape index (κ2) is 7.78. The van der Waals surface area contributed by atoms with Crippen LogP contribution in [0, 0.1) is 3.57 Å². The van der Waals surface area contributed by atoms with Gasteiger partial charge in [0.15, 0.2) is 6.23 Å². The number of ether oxygens (including phenoxy) is 3. The van der Waals surface area contributed by atoms with E-state index in [2.05, 4.69) is 20.9 Å². The van der Waals surface area contributed by atoms with Gasteiger partial charge in [-0.15, -0.1) is 0 Å².